The van der Waals surface area contributed by atoms with Gasteiger partial charge in [-0.25, -0.2) is 8.42 Å². The predicted octanol–water partition coefficient (Wildman–Crippen LogP) is 1.31. The van der Waals surface area contributed by atoms with Crippen molar-refractivity contribution in [2.24, 2.45) is 5.92 Å². The quantitative estimate of drug-likeness (QED) is 0.740. The number of carbonyl (C=O) groups is 2. The van der Waals surface area contributed by atoms with Crippen molar-refractivity contribution >= 4 is 39.3 Å². The second-order valence-corrected chi connectivity index (χ2v) is 10.5. The van der Waals surface area contributed by atoms with E-state index >= 15 is 0 Å². The SMILES string of the molecule is CC(C)NC(=O)CN1C(=O)C(C)CSc2ccc(S(=O)(=O)N3CCOCC3)cc21. The van der Waals surface area contributed by atoms with Gasteiger partial charge < -0.3 is 15.0 Å². The summed E-state index contributed by atoms with van der Waals surface area (Å²) in [6.45, 7) is 6.68. The Bertz CT molecular complexity index is 882. The predicted molar refractivity (Wildman–Crippen MR) is 112 cm³/mol. The van der Waals surface area contributed by atoms with Crippen molar-refractivity contribution in [2.75, 3.05) is 43.5 Å². The number of anilines is 1. The van der Waals surface area contributed by atoms with Gasteiger partial charge in [0.1, 0.15) is 6.54 Å². The first-order valence-electron chi connectivity index (χ1n) is 9.65. The number of thioether (sulfide) groups is 1. The van der Waals surface area contributed by atoms with Crippen molar-refractivity contribution in [3.8, 4) is 0 Å². The molecule has 0 aromatic heterocycles. The first-order valence-corrected chi connectivity index (χ1v) is 12.1. The van der Waals surface area contributed by atoms with E-state index in [1.165, 1.54) is 27.0 Å². The smallest absolute Gasteiger partial charge is 0.243 e. The van der Waals surface area contributed by atoms with Crippen LogP contribution in [-0.2, 0) is 24.3 Å². The topological polar surface area (TPSA) is 96.0 Å². The molecule has 29 heavy (non-hydrogen) atoms. The molecule has 0 spiro atoms. The number of hydrogen-bond acceptors (Lipinski definition) is 6. The molecule has 8 nitrogen and oxygen atoms in total. The van der Waals surface area contributed by atoms with Crippen LogP contribution in [0.3, 0.4) is 0 Å². The average molecular weight is 442 g/mol. The molecule has 160 valence electrons. The van der Waals surface area contributed by atoms with Crippen LogP contribution in [0, 0.1) is 5.92 Å². The minimum absolute atomic E-state index is 0.0520. The summed E-state index contributed by atoms with van der Waals surface area (Å²) in [5.41, 5.74) is 0.470. The van der Waals surface area contributed by atoms with Gasteiger partial charge in [-0.3, -0.25) is 9.59 Å². The van der Waals surface area contributed by atoms with Crippen molar-refractivity contribution in [3.05, 3.63) is 18.2 Å². The number of carbonyl (C=O) groups excluding carboxylic acids is 2. The Morgan fingerprint density at radius 1 is 1.31 bits per heavy atom. The Morgan fingerprint density at radius 3 is 2.66 bits per heavy atom. The van der Waals surface area contributed by atoms with Crippen molar-refractivity contribution in [1.29, 1.82) is 0 Å². The maximum Gasteiger partial charge on any atom is 0.243 e. The second kappa shape index (κ2) is 9.03. The van der Waals surface area contributed by atoms with Gasteiger partial charge in [0.2, 0.25) is 21.8 Å². The van der Waals surface area contributed by atoms with Gasteiger partial charge in [0, 0.05) is 35.7 Å². The summed E-state index contributed by atoms with van der Waals surface area (Å²) in [5, 5.41) is 2.79. The molecule has 10 heteroatoms. The molecule has 1 N–H and O–H groups in total. The highest BCUT2D eigenvalue weighted by atomic mass is 32.2. The zero-order valence-corrected chi connectivity index (χ0v) is 18.5. The average Bonchev–Trinajstić information content (AvgIpc) is 2.80. The molecule has 2 aliphatic rings. The van der Waals surface area contributed by atoms with E-state index in [0.29, 0.717) is 37.7 Å². The summed E-state index contributed by atoms with van der Waals surface area (Å²) in [7, 11) is -3.70. The van der Waals surface area contributed by atoms with Crippen molar-refractivity contribution in [2.45, 2.75) is 36.6 Å². The number of nitrogens with zero attached hydrogens (tertiary/aromatic N) is 2. The molecular formula is C19H27N3O5S2. The fourth-order valence-corrected chi connectivity index (χ4v) is 5.75. The lowest BCUT2D eigenvalue weighted by Gasteiger charge is -2.28. The molecule has 1 aromatic rings. The molecule has 2 heterocycles. The van der Waals surface area contributed by atoms with Crippen LogP contribution >= 0.6 is 11.8 Å². The van der Waals surface area contributed by atoms with E-state index in [9.17, 15) is 18.0 Å². The molecule has 1 atom stereocenters. The number of ether oxygens (including phenoxy) is 1. The Balaban J connectivity index is 1.98. The zero-order valence-electron chi connectivity index (χ0n) is 16.9. The van der Waals surface area contributed by atoms with Crippen LogP contribution < -0.4 is 10.2 Å². The summed E-state index contributed by atoms with van der Waals surface area (Å²) < 4.78 is 32.8. The van der Waals surface area contributed by atoms with Gasteiger partial charge in [0.05, 0.1) is 23.8 Å². The number of rotatable bonds is 5. The first-order chi connectivity index (χ1) is 13.7. The third-order valence-corrected chi connectivity index (χ3v) is 7.97. The minimum atomic E-state index is -3.70. The highest BCUT2D eigenvalue weighted by molar-refractivity contribution is 7.99. The normalized spacial score (nSPS) is 21.0. The van der Waals surface area contributed by atoms with Crippen LogP contribution in [0.15, 0.2) is 28.0 Å². The van der Waals surface area contributed by atoms with Gasteiger partial charge in [-0.2, -0.15) is 4.31 Å². The molecule has 0 radical (unpaired) electrons. The monoisotopic (exact) mass is 441 g/mol. The van der Waals surface area contributed by atoms with Gasteiger partial charge in [-0.1, -0.05) is 6.92 Å². The summed E-state index contributed by atoms with van der Waals surface area (Å²) in [6.07, 6.45) is 0. The fourth-order valence-electron chi connectivity index (χ4n) is 3.27. The number of sulfonamides is 1. The van der Waals surface area contributed by atoms with Crippen LogP contribution in [0.1, 0.15) is 20.8 Å². The van der Waals surface area contributed by atoms with E-state index < -0.39 is 10.0 Å². The summed E-state index contributed by atoms with van der Waals surface area (Å²) >= 11 is 1.50. The maximum absolute atomic E-state index is 13.1. The highest BCUT2D eigenvalue weighted by Crippen LogP contribution is 2.38. The van der Waals surface area contributed by atoms with E-state index in [2.05, 4.69) is 5.32 Å². The standard InChI is InChI=1S/C19H27N3O5S2/c1-13(2)20-18(23)11-22-16-10-15(29(25,26)21-6-8-27-9-7-21)4-5-17(16)28-12-14(3)19(22)24/h4-5,10,13-14H,6-9,11-12H2,1-3H3,(H,20,23). The number of hydrogen-bond donors (Lipinski definition) is 1. The molecule has 0 bridgehead atoms. The molecule has 2 amide bonds. The van der Waals surface area contributed by atoms with Gasteiger partial charge in [0.15, 0.2) is 0 Å². The zero-order chi connectivity index (χ0) is 21.2. The lowest BCUT2D eigenvalue weighted by atomic mass is 10.1. The van der Waals surface area contributed by atoms with Gasteiger partial charge in [0.25, 0.3) is 0 Å². The van der Waals surface area contributed by atoms with Crippen LogP contribution in [0.4, 0.5) is 5.69 Å². The molecule has 1 saturated heterocycles. The maximum atomic E-state index is 13.1. The lowest BCUT2D eigenvalue weighted by molar-refractivity contribution is -0.125. The number of benzene rings is 1. The number of nitrogens with one attached hydrogen (secondary N) is 1. The van der Waals surface area contributed by atoms with Crippen molar-refractivity contribution < 1.29 is 22.7 Å². The summed E-state index contributed by atoms with van der Waals surface area (Å²) in [6, 6.07) is 4.77. The summed E-state index contributed by atoms with van der Waals surface area (Å²) in [4.78, 5) is 27.6. The van der Waals surface area contributed by atoms with Crippen molar-refractivity contribution in [3.63, 3.8) is 0 Å². The molecule has 2 aliphatic heterocycles. The van der Waals surface area contributed by atoms with E-state index in [-0.39, 0.29) is 35.2 Å². The van der Waals surface area contributed by atoms with Gasteiger partial charge >= 0.3 is 0 Å². The third kappa shape index (κ3) is 4.93. The lowest BCUT2D eigenvalue weighted by Crippen LogP contribution is -2.44. The van der Waals surface area contributed by atoms with Crippen LogP contribution in [0.2, 0.25) is 0 Å². The number of amides is 2. The summed E-state index contributed by atoms with van der Waals surface area (Å²) in [5.74, 6) is -0.168. The van der Waals surface area contributed by atoms with Crippen LogP contribution in [0.5, 0.6) is 0 Å². The second-order valence-electron chi connectivity index (χ2n) is 7.50. The largest absolute Gasteiger partial charge is 0.379 e. The molecule has 0 aliphatic carbocycles. The molecule has 1 aromatic carbocycles. The molecule has 1 fully saturated rings. The Hall–Kier alpha value is -1.62. The molecule has 3 rings (SSSR count). The first kappa shape index (κ1) is 22.1. The Morgan fingerprint density at radius 2 is 2.00 bits per heavy atom. The number of morpholine rings is 1. The van der Waals surface area contributed by atoms with Gasteiger partial charge in [-0.15, -0.1) is 11.8 Å². The minimum Gasteiger partial charge on any atom is -0.379 e. The van der Waals surface area contributed by atoms with Gasteiger partial charge in [-0.05, 0) is 32.0 Å². The molecular weight excluding hydrogens is 414 g/mol. The Kier molecular flexibility index (Phi) is 6.87. The van der Waals surface area contributed by atoms with Crippen LogP contribution in [0.25, 0.3) is 0 Å². The molecule has 0 saturated carbocycles. The van der Waals surface area contributed by atoms with E-state index in [0.717, 1.165) is 4.90 Å². The van der Waals surface area contributed by atoms with Crippen molar-refractivity contribution in [1.82, 2.24) is 9.62 Å². The number of fused-ring (bicyclic) bond motifs is 1. The highest BCUT2D eigenvalue weighted by Gasteiger charge is 2.32. The van der Waals surface area contributed by atoms with Crippen LogP contribution in [-0.4, -0.2) is 69.2 Å². The fraction of sp³-hybridized carbons (Fsp3) is 0.579. The Labute approximate surface area is 176 Å². The van der Waals surface area contributed by atoms with E-state index in [1.807, 2.05) is 20.8 Å². The molecule has 1 unspecified atom stereocenters. The van der Waals surface area contributed by atoms with E-state index in [1.54, 1.807) is 12.1 Å². The third-order valence-electron chi connectivity index (χ3n) is 4.76. The van der Waals surface area contributed by atoms with E-state index in [4.69, 9.17) is 4.74 Å².